The molecule has 0 unspecified atom stereocenters. The van der Waals surface area contributed by atoms with Crippen molar-refractivity contribution in [1.82, 2.24) is 19.7 Å². The maximum Gasteiger partial charge on any atom is 0.433 e. The van der Waals surface area contributed by atoms with Crippen LogP contribution in [0.1, 0.15) is 34.6 Å². The average Bonchev–Trinajstić information content (AvgIpc) is 3.27. The number of nitriles is 1. The number of rotatable bonds is 9. The first-order chi connectivity index (χ1) is 17.7. The van der Waals surface area contributed by atoms with Gasteiger partial charge in [0.25, 0.3) is 0 Å². The largest absolute Gasteiger partial charge is 0.493 e. The minimum absolute atomic E-state index is 0.0233. The van der Waals surface area contributed by atoms with Crippen LogP contribution in [0, 0.1) is 11.3 Å². The van der Waals surface area contributed by atoms with Gasteiger partial charge in [0.05, 0.1) is 31.4 Å². The molecule has 2 aromatic heterocycles. The molecule has 1 fully saturated rings. The topological polar surface area (TPSA) is 110 Å². The number of fused-ring (bicyclic) bond motifs is 1. The summed E-state index contributed by atoms with van der Waals surface area (Å²) in [6.45, 7) is 2.22. The molecular formula is C25H24F3N5O4. The minimum atomic E-state index is -4.67. The number of unbranched alkanes of at least 4 members (excludes halogenated alkanes) is 1. The Balaban J connectivity index is 1.58. The number of amides is 1. The normalized spacial score (nSPS) is 13.9. The molecule has 3 aromatic rings. The van der Waals surface area contributed by atoms with Gasteiger partial charge in [-0.3, -0.25) is 14.3 Å². The van der Waals surface area contributed by atoms with Crippen molar-refractivity contribution >= 4 is 22.6 Å². The van der Waals surface area contributed by atoms with Gasteiger partial charge >= 0.3 is 6.18 Å². The number of aromatic nitrogens is 3. The Morgan fingerprint density at radius 1 is 1.19 bits per heavy atom. The van der Waals surface area contributed by atoms with E-state index in [1.165, 1.54) is 10.7 Å². The monoisotopic (exact) mass is 515 g/mol. The van der Waals surface area contributed by atoms with E-state index in [0.29, 0.717) is 54.9 Å². The predicted molar refractivity (Wildman–Crippen MR) is 125 cm³/mol. The highest BCUT2D eigenvalue weighted by molar-refractivity contribution is 5.97. The number of halogens is 3. The fraction of sp³-hybridized carbons (Fsp3) is 0.400. The Hall–Kier alpha value is -3.98. The van der Waals surface area contributed by atoms with Crippen molar-refractivity contribution in [3.63, 3.8) is 0 Å². The second-order valence-corrected chi connectivity index (χ2v) is 8.45. The van der Waals surface area contributed by atoms with Gasteiger partial charge in [0.15, 0.2) is 5.78 Å². The first-order valence-corrected chi connectivity index (χ1v) is 11.7. The summed E-state index contributed by atoms with van der Waals surface area (Å²) in [5.74, 6) is -0.382. The van der Waals surface area contributed by atoms with Crippen molar-refractivity contribution < 1.29 is 32.2 Å². The van der Waals surface area contributed by atoms with Gasteiger partial charge in [-0.2, -0.15) is 23.5 Å². The number of carbonyl (C=O) groups excluding carboxylic acids is 2. The van der Waals surface area contributed by atoms with Gasteiger partial charge in [0.1, 0.15) is 23.7 Å². The van der Waals surface area contributed by atoms with Gasteiger partial charge in [-0.25, -0.2) is 4.98 Å². The molecule has 37 heavy (non-hydrogen) atoms. The lowest BCUT2D eigenvalue weighted by atomic mass is 10.0. The number of hydrogen-bond acceptors (Lipinski definition) is 7. The number of ketones is 1. The minimum Gasteiger partial charge on any atom is -0.493 e. The number of carbonyl (C=O) groups is 2. The molecule has 1 aromatic carbocycles. The molecule has 1 aliphatic rings. The number of Topliss-reactive ketones (excluding diaryl/α,β-unsaturated/α-hetero) is 1. The molecule has 0 radical (unpaired) electrons. The van der Waals surface area contributed by atoms with Crippen LogP contribution in [0.3, 0.4) is 0 Å². The van der Waals surface area contributed by atoms with Gasteiger partial charge in [0, 0.05) is 49.1 Å². The molecule has 0 atom stereocenters. The van der Waals surface area contributed by atoms with E-state index < -0.39 is 17.7 Å². The molecule has 12 heteroatoms. The van der Waals surface area contributed by atoms with E-state index in [1.54, 1.807) is 23.2 Å². The number of morpholine rings is 1. The van der Waals surface area contributed by atoms with Crippen LogP contribution in [-0.4, -0.2) is 64.3 Å². The average molecular weight is 515 g/mol. The quantitative estimate of drug-likeness (QED) is 0.317. The molecule has 0 aliphatic carbocycles. The SMILES string of the molecule is N#CCCCOc1cc2nn(CC(=O)N3CCOCC3)cc2cc1CC(=O)c1cccc(C(F)(F)F)n1. The highest BCUT2D eigenvalue weighted by Crippen LogP contribution is 2.29. The second kappa shape index (κ2) is 11.4. The van der Waals surface area contributed by atoms with Gasteiger partial charge in [0.2, 0.25) is 5.91 Å². The van der Waals surface area contributed by atoms with Crippen molar-refractivity contribution in [2.75, 3.05) is 32.9 Å². The summed E-state index contributed by atoms with van der Waals surface area (Å²) in [6, 6.07) is 8.50. The third kappa shape index (κ3) is 6.62. The number of nitrogens with zero attached hydrogens (tertiary/aromatic N) is 5. The Bertz CT molecular complexity index is 1330. The lowest BCUT2D eigenvalue weighted by Crippen LogP contribution is -2.42. The van der Waals surface area contributed by atoms with Crippen LogP contribution in [0.25, 0.3) is 10.9 Å². The number of benzene rings is 1. The Morgan fingerprint density at radius 2 is 1.97 bits per heavy atom. The van der Waals surface area contributed by atoms with Crippen LogP contribution >= 0.6 is 0 Å². The molecule has 194 valence electrons. The first kappa shape index (κ1) is 26.1. The van der Waals surface area contributed by atoms with Crippen molar-refractivity contribution in [2.24, 2.45) is 0 Å². The van der Waals surface area contributed by atoms with Crippen molar-refractivity contribution in [3.05, 3.63) is 53.5 Å². The fourth-order valence-corrected chi connectivity index (χ4v) is 3.90. The van der Waals surface area contributed by atoms with E-state index >= 15 is 0 Å². The summed E-state index contributed by atoms with van der Waals surface area (Å²) >= 11 is 0. The van der Waals surface area contributed by atoms with Crippen LogP contribution in [-0.2, 0) is 28.7 Å². The molecule has 4 rings (SSSR count). The van der Waals surface area contributed by atoms with Gasteiger partial charge in [-0.05, 0) is 24.6 Å². The van der Waals surface area contributed by atoms with Crippen molar-refractivity contribution in [2.45, 2.75) is 32.0 Å². The number of ether oxygens (including phenoxy) is 2. The fourth-order valence-electron chi connectivity index (χ4n) is 3.90. The highest BCUT2D eigenvalue weighted by Gasteiger charge is 2.33. The Kier molecular flexibility index (Phi) is 8.03. The van der Waals surface area contributed by atoms with E-state index in [9.17, 15) is 22.8 Å². The number of alkyl halides is 3. The smallest absolute Gasteiger partial charge is 0.433 e. The van der Waals surface area contributed by atoms with E-state index in [1.807, 2.05) is 6.07 Å². The zero-order chi connectivity index (χ0) is 26.4. The summed E-state index contributed by atoms with van der Waals surface area (Å²) in [7, 11) is 0. The van der Waals surface area contributed by atoms with E-state index in [2.05, 4.69) is 10.1 Å². The number of pyridine rings is 1. The maximum atomic E-state index is 13.1. The molecule has 0 N–H and O–H groups in total. The van der Waals surface area contributed by atoms with E-state index in [-0.39, 0.29) is 37.6 Å². The summed E-state index contributed by atoms with van der Waals surface area (Å²) in [5, 5.41) is 13.9. The zero-order valence-corrected chi connectivity index (χ0v) is 19.8. The molecule has 9 nitrogen and oxygen atoms in total. The third-order valence-electron chi connectivity index (χ3n) is 5.76. The van der Waals surface area contributed by atoms with E-state index in [0.717, 1.165) is 12.1 Å². The maximum absolute atomic E-state index is 13.1. The summed E-state index contributed by atoms with van der Waals surface area (Å²) < 4.78 is 51.7. The molecule has 0 saturated carbocycles. The Labute approximate surface area is 210 Å². The first-order valence-electron chi connectivity index (χ1n) is 11.7. The van der Waals surface area contributed by atoms with E-state index in [4.69, 9.17) is 14.7 Å². The standard InChI is InChI=1S/C25H24F3N5O4/c26-25(27,28)23-5-3-4-19(30-23)21(34)13-17-12-18-15-33(16-24(35)32-7-10-36-11-8-32)31-20(18)14-22(17)37-9-2-1-6-29/h3-5,12,14-15H,1-2,7-11,13,16H2. The summed E-state index contributed by atoms with van der Waals surface area (Å²) in [4.78, 5) is 30.7. The molecule has 0 spiro atoms. The third-order valence-corrected chi connectivity index (χ3v) is 5.76. The second-order valence-electron chi connectivity index (χ2n) is 8.45. The van der Waals surface area contributed by atoms with Crippen LogP contribution in [0.4, 0.5) is 13.2 Å². The van der Waals surface area contributed by atoms with Gasteiger partial charge in [-0.1, -0.05) is 6.07 Å². The van der Waals surface area contributed by atoms with Crippen LogP contribution in [0.5, 0.6) is 5.75 Å². The molecule has 1 aliphatic heterocycles. The van der Waals surface area contributed by atoms with Gasteiger partial charge in [-0.15, -0.1) is 0 Å². The number of hydrogen-bond donors (Lipinski definition) is 0. The van der Waals surface area contributed by atoms with Crippen LogP contribution in [0.15, 0.2) is 36.5 Å². The molecule has 1 saturated heterocycles. The van der Waals surface area contributed by atoms with Crippen molar-refractivity contribution in [1.29, 1.82) is 5.26 Å². The lowest BCUT2D eigenvalue weighted by Gasteiger charge is -2.26. The molecular weight excluding hydrogens is 491 g/mol. The van der Waals surface area contributed by atoms with Crippen molar-refractivity contribution in [3.8, 4) is 11.8 Å². The zero-order valence-electron chi connectivity index (χ0n) is 19.8. The predicted octanol–water partition coefficient (Wildman–Crippen LogP) is 3.42. The summed E-state index contributed by atoms with van der Waals surface area (Å²) in [5.41, 5.74) is -0.490. The molecule has 0 bridgehead atoms. The molecule has 1 amide bonds. The highest BCUT2D eigenvalue weighted by atomic mass is 19.4. The van der Waals surface area contributed by atoms with Crippen LogP contribution in [0.2, 0.25) is 0 Å². The summed E-state index contributed by atoms with van der Waals surface area (Å²) in [6.07, 6.45) is -2.51. The molecule has 3 heterocycles. The Morgan fingerprint density at radius 3 is 2.70 bits per heavy atom. The van der Waals surface area contributed by atoms with Crippen LogP contribution < -0.4 is 4.74 Å². The van der Waals surface area contributed by atoms with Gasteiger partial charge < -0.3 is 14.4 Å². The lowest BCUT2D eigenvalue weighted by molar-refractivity contribution is -0.141.